The number of amides is 2. The SMILES string of the molecule is Cc1ccc(NC(=O)Nc2cnn(CC(=O)O)c2)cc1. The summed E-state index contributed by atoms with van der Waals surface area (Å²) in [7, 11) is 0. The third-order valence-electron chi connectivity index (χ3n) is 2.50. The number of aliphatic carboxylic acids is 1. The standard InChI is InChI=1S/C13H14N4O3/c1-9-2-4-10(5-3-9)15-13(20)16-11-6-14-17(7-11)8-12(18)19/h2-7H,8H2,1H3,(H,18,19)(H2,15,16,20). The lowest BCUT2D eigenvalue weighted by molar-refractivity contribution is -0.137. The first-order chi connectivity index (χ1) is 9.52. The third kappa shape index (κ3) is 3.84. The van der Waals surface area contributed by atoms with Crippen LogP contribution >= 0.6 is 0 Å². The average Bonchev–Trinajstić information content (AvgIpc) is 2.78. The van der Waals surface area contributed by atoms with Gasteiger partial charge in [-0.1, -0.05) is 17.7 Å². The van der Waals surface area contributed by atoms with E-state index < -0.39 is 12.0 Å². The largest absolute Gasteiger partial charge is 0.480 e. The molecule has 0 spiro atoms. The molecule has 1 heterocycles. The van der Waals surface area contributed by atoms with Gasteiger partial charge in [0.2, 0.25) is 0 Å². The van der Waals surface area contributed by atoms with E-state index in [2.05, 4.69) is 15.7 Å². The number of anilines is 2. The Labute approximate surface area is 115 Å². The Hall–Kier alpha value is -2.83. The van der Waals surface area contributed by atoms with Gasteiger partial charge in [-0.05, 0) is 19.1 Å². The maximum absolute atomic E-state index is 11.7. The van der Waals surface area contributed by atoms with E-state index in [0.717, 1.165) is 5.56 Å². The van der Waals surface area contributed by atoms with Gasteiger partial charge in [0.1, 0.15) is 6.54 Å². The lowest BCUT2D eigenvalue weighted by Crippen LogP contribution is -2.19. The average molecular weight is 274 g/mol. The van der Waals surface area contributed by atoms with E-state index in [0.29, 0.717) is 11.4 Å². The smallest absolute Gasteiger partial charge is 0.325 e. The van der Waals surface area contributed by atoms with Crippen molar-refractivity contribution in [2.45, 2.75) is 13.5 Å². The molecule has 2 aromatic rings. The second-order valence-electron chi connectivity index (χ2n) is 4.27. The molecule has 7 nitrogen and oxygen atoms in total. The predicted octanol–water partition coefficient (Wildman–Crippen LogP) is 1.92. The Kier molecular flexibility index (Phi) is 3.99. The molecule has 2 rings (SSSR count). The van der Waals surface area contributed by atoms with Crippen LogP contribution in [0, 0.1) is 6.92 Å². The number of hydrogen-bond acceptors (Lipinski definition) is 3. The second kappa shape index (κ2) is 5.87. The molecule has 3 N–H and O–H groups in total. The minimum absolute atomic E-state index is 0.249. The van der Waals surface area contributed by atoms with Gasteiger partial charge in [0, 0.05) is 11.9 Å². The van der Waals surface area contributed by atoms with Crippen molar-refractivity contribution in [2.75, 3.05) is 10.6 Å². The van der Waals surface area contributed by atoms with Gasteiger partial charge in [-0.15, -0.1) is 0 Å². The van der Waals surface area contributed by atoms with E-state index in [1.54, 1.807) is 12.1 Å². The van der Waals surface area contributed by atoms with E-state index in [4.69, 9.17) is 5.11 Å². The minimum Gasteiger partial charge on any atom is -0.480 e. The number of nitrogens with one attached hydrogen (secondary N) is 2. The third-order valence-corrected chi connectivity index (χ3v) is 2.50. The van der Waals surface area contributed by atoms with Crippen molar-refractivity contribution < 1.29 is 14.7 Å². The fourth-order valence-electron chi connectivity index (χ4n) is 1.58. The van der Waals surface area contributed by atoms with Crippen LogP contribution < -0.4 is 10.6 Å². The fourth-order valence-corrected chi connectivity index (χ4v) is 1.58. The molecule has 104 valence electrons. The van der Waals surface area contributed by atoms with Crippen LogP contribution in [0.25, 0.3) is 0 Å². The zero-order valence-electron chi connectivity index (χ0n) is 10.8. The summed E-state index contributed by atoms with van der Waals surface area (Å²) in [5, 5.41) is 17.7. The Bertz CT molecular complexity index is 619. The van der Waals surface area contributed by atoms with E-state index in [1.165, 1.54) is 17.1 Å². The summed E-state index contributed by atoms with van der Waals surface area (Å²) in [5.41, 5.74) is 2.20. The highest BCUT2D eigenvalue weighted by molar-refractivity contribution is 5.99. The van der Waals surface area contributed by atoms with Crippen LogP contribution in [0.4, 0.5) is 16.2 Å². The zero-order valence-corrected chi connectivity index (χ0v) is 10.8. The lowest BCUT2D eigenvalue weighted by atomic mass is 10.2. The molecule has 2 amide bonds. The van der Waals surface area contributed by atoms with Crippen molar-refractivity contribution in [1.29, 1.82) is 0 Å². The molecule has 0 saturated heterocycles. The van der Waals surface area contributed by atoms with Crippen LogP contribution in [0.1, 0.15) is 5.56 Å². The van der Waals surface area contributed by atoms with Gasteiger partial charge in [-0.3, -0.25) is 9.48 Å². The highest BCUT2D eigenvalue weighted by atomic mass is 16.4. The van der Waals surface area contributed by atoms with Crippen LogP contribution in [-0.2, 0) is 11.3 Å². The van der Waals surface area contributed by atoms with Crippen molar-refractivity contribution in [3.8, 4) is 0 Å². The molecule has 0 atom stereocenters. The number of carbonyl (C=O) groups is 2. The van der Waals surface area contributed by atoms with Gasteiger partial charge in [0.15, 0.2) is 0 Å². The Morgan fingerprint density at radius 1 is 1.20 bits per heavy atom. The number of carbonyl (C=O) groups excluding carboxylic acids is 1. The topological polar surface area (TPSA) is 96.3 Å². The molecule has 1 aromatic heterocycles. The number of hydrogen-bond donors (Lipinski definition) is 3. The Morgan fingerprint density at radius 2 is 1.85 bits per heavy atom. The van der Waals surface area contributed by atoms with Gasteiger partial charge >= 0.3 is 12.0 Å². The monoisotopic (exact) mass is 274 g/mol. The quantitative estimate of drug-likeness (QED) is 0.793. The van der Waals surface area contributed by atoms with E-state index in [9.17, 15) is 9.59 Å². The summed E-state index contributed by atoms with van der Waals surface area (Å²) in [6.45, 7) is 1.71. The number of carboxylic acid groups (broad SMARTS) is 1. The van der Waals surface area contributed by atoms with Gasteiger partial charge in [0.05, 0.1) is 11.9 Å². The second-order valence-corrected chi connectivity index (χ2v) is 4.27. The van der Waals surface area contributed by atoms with Crippen molar-refractivity contribution in [3.63, 3.8) is 0 Å². The number of urea groups is 1. The molecule has 0 aliphatic heterocycles. The molecular weight excluding hydrogens is 260 g/mol. The number of aryl methyl sites for hydroxylation is 1. The van der Waals surface area contributed by atoms with Gasteiger partial charge in [0.25, 0.3) is 0 Å². The molecule has 1 aromatic carbocycles. The molecule has 0 bridgehead atoms. The first-order valence-electron chi connectivity index (χ1n) is 5.92. The molecule has 0 radical (unpaired) electrons. The maximum atomic E-state index is 11.7. The van der Waals surface area contributed by atoms with E-state index >= 15 is 0 Å². The Morgan fingerprint density at radius 3 is 2.50 bits per heavy atom. The minimum atomic E-state index is -0.997. The maximum Gasteiger partial charge on any atom is 0.325 e. The van der Waals surface area contributed by atoms with Crippen LogP contribution in [0.2, 0.25) is 0 Å². The number of benzene rings is 1. The van der Waals surface area contributed by atoms with Crippen molar-refractivity contribution in [1.82, 2.24) is 9.78 Å². The number of aromatic nitrogens is 2. The van der Waals surface area contributed by atoms with Crippen LogP contribution in [-0.4, -0.2) is 26.9 Å². The van der Waals surface area contributed by atoms with E-state index in [-0.39, 0.29) is 6.54 Å². The fraction of sp³-hybridized carbons (Fsp3) is 0.154. The summed E-state index contributed by atoms with van der Waals surface area (Å²) in [5.74, 6) is -0.997. The first-order valence-corrected chi connectivity index (χ1v) is 5.92. The highest BCUT2D eigenvalue weighted by Crippen LogP contribution is 2.10. The predicted molar refractivity (Wildman–Crippen MR) is 73.7 cm³/mol. The van der Waals surface area contributed by atoms with Crippen molar-refractivity contribution >= 4 is 23.4 Å². The summed E-state index contributed by atoms with van der Waals surface area (Å²) < 4.78 is 1.23. The summed E-state index contributed by atoms with van der Waals surface area (Å²) in [4.78, 5) is 22.2. The summed E-state index contributed by atoms with van der Waals surface area (Å²) >= 11 is 0. The number of rotatable bonds is 4. The lowest BCUT2D eigenvalue weighted by Gasteiger charge is -2.05. The molecule has 0 fully saturated rings. The first kappa shape index (κ1) is 13.6. The van der Waals surface area contributed by atoms with Crippen molar-refractivity contribution in [2.24, 2.45) is 0 Å². The summed E-state index contributed by atoms with van der Waals surface area (Å²) in [6, 6.07) is 6.95. The molecular formula is C13H14N4O3. The molecule has 0 aliphatic rings. The molecule has 0 aliphatic carbocycles. The number of carboxylic acids is 1. The van der Waals surface area contributed by atoms with Gasteiger partial charge in [-0.25, -0.2) is 4.79 Å². The Balaban J connectivity index is 1.92. The van der Waals surface area contributed by atoms with Gasteiger partial charge < -0.3 is 15.7 Å². The van der Waals surface area contributed by atoms with Crippen LogP contribution in [0.3, 0.4) is 0 Å². The molecule has 7 heteroatoms. The zero-order chi connectivity index (χ0) is 14.5. The van der Waals surface area contributed by atoms with E-state index in [1.807, 2.05) is 19.1 Å². The van der Waals surface area contributed by atoms with Crippen LogP contribution in [0.15, 0.2) is 36.7 Å². The highest BCUT2D eigenvalue weighted by Gasteiger charge is 2.06. The molecule has 0 saturated carbocycles. The normalized spacial score (nSPS) is 10.1. The summed E-state index contributed by atoms with van der Waals surface area (Å²) in [6.07, 6.45) is 2.83. The van der Waals surface area contributed by atoms with Crippen LogP contribution in [0.5, 0.6) is 0 Å². The number of nitrogens with zero attached hydrogens (tertiary/aromatic N) is 2. The van der Waals surface area contributed by atoms with Gasteiger partial charge in [-0.2, -0.15) is 5.10 Å². The molecule has 20 heavy (non-hydrogen) atoms. The van der Waals surface area contributed by atoms with Crippen molar-refractivity contribution in [3.05, 3.63) is 42.2 Å². The molecule has 0 unspecified atom stereocenters.